The molecular weight excluding hydrogens is 246 g/mol. The van der Waals surface area contributed by atoms with Gasteiger partial charge in [0.2, 0.25) is 0 Å². The molecule has 7 nitrogen and oxygen atoms in total. The van der Waals surface area contributed by atoms with Crippen molar-refractivity contribution in [2.24, 2.45) is 11.8 Å². The largest absolute Gasteiger partial charge is 0.396 e. The molecule has 1 aliphatic rings. The van der Waals surface area contributed by atoms with E-state index in [4.69, 9.17) is 10.9 Å². The van der Waals surface area contributed by atoms with Crippen LogP contribution in [0.4, 0.5) is 5.82 Å². The molecule has 1 aromatic heterocycles. The number of carbonyl (C=O) groups is 1. The molecule has 19 heavy (non-hydrogen) atoms. The Hall–Kier alpha value is -1.73. The first kappa shape index (κ1) is 13.7. The quantitative estimate of drug-likeness (QED) is 0.523. The fourth-order valence-electron chi connectivity index (χ4n) is 2.37. The molecule has 2 heterocycles. The summed E-state index contributed by atoms with van der Waals surface area (Å²) in [4.78, 5) is 22.1. The highest BCUT2D eigenvalue weighted by Crippen LogP contribution is 2.20. The van der Waals surface area contributed by atoms with Crippen LogP contribution in [0.1, 0.15) is 29.8 Å². The molecule has 0 aromatic carbocycles. The van der Waals surface area contributed by atoms with E-state index in [1.54, 1.807) is 4.90 Å². The number of hydrogen-bond donors (Lipinski definition) is 3. The molecule has 4 N–H and O–H groups in total. The molecule has 1 amide bonds. The Kier molecular flexibility index (Phi) is 4.64. The molecule has 104 valence electrons. The van der Waals surface area contributed by atoms with Crippen molar-refractivity contribution in [3.63, 3.8) is 0 Å². The summed E-state index contributed by atoms with van der Waals surface area (Å²) in [6.07, 6.45) is 5.65. The van der Waals surface area contributed by atoms with E-state index < -0.39 is 0 Å². The van der Waals surface area contributed by atoms with Crippen LogP contribution < -0.4 is 11.3 Å². The second kappa shape index (κ2) is 6.44. The maximum atomic E-state index is 12.3. The Labute approximate surface area is 111 Å². The smallest absolute Gasteiger partial charge is 0.274 e. The van der Waals surface area contributed by atoms with E-state index in [0.29, 0.717) is 24.0 Å². The van der Waals surface area contributed by atoms with Gasteiger partial charge in [-0.25, -0.2) is 10.8 Å². The maximum absolute atomic E-state index is 12.3. The third-order valence-electron chi connectivity index (χ3n) is 3.35. The van der Waals surface area contributed by atoms with E-state index in [2.05, 4.69) is 15.4 Å². The average Bonchev–Trinajstić information content (AvgIpc) is 2.47. The summed E-state index contributed by atoms with van der Waals surface area (Å²) in [5.41, 5.74) is 2.67. The molecule has 0 aliphatic carbocycles. The highest BCUT2D eigenvalue weighted by atomic mass is 16.3. The van der Waals surface area contributed by atoms with Gasteiger partial charge in [0.05, 0.1) is 12.4 Å². The van der Waals surface area contributed by atoms with Crippen molar-refractivity contribution in [1.29, 1.82) is 0 Å². The number of likely N-dealkylation sites (tertiary alicyclic amines) is 1. The lowest BCUT2D eigenvalue weighted by Gasteiger charge is -2.32. The van der Waals surface area contributed by atoms with Crippen molar-refractivity contribution < 1.29 is 9.90 Å². The van der Waals surface area contributed by atoms with Gasteiger partial charge in [-0.15, -0.1) is 0 Å². The van der Waals surface area contributed by atoms with Crippen molar-refractivity contribution >= 4 is 11.7 Å². The zero-order valence-electron chi connectivity index (χ0n) is 10.7. The lowest BCUT2D eigenvalue weighted by atomic mass is 9.95. The van der Waals surface area contributed by atoms with Crippen molar-refractivity contribution in [2.45, 2.75) is 19.3 Å². The van der Waals surface area contributed by atoms with Gasteiger partial charge in [-0.3, -0.25) is 9.78 Å². The highest BCUT2D eigenvalue weighted by Gasteiger charge is 2.25. The number of amides is 1. The predicted molar refractivity (Wildman–Crippen MR) is 70.2 cm³/mol. The van der Waals surface area contributed by atoms with Crippen molar-refractivity contribution in [2.75, 3.05) is 25.1 Å². The fourth-order valence-corrected chi connectivity index (χ4v) is 2.37. The number of aliphatic hydroxyl groups is 1. The number of hydrogen-bond acceptors (Lipinski definition) is 6. The summed E-state index contributed by atoms with van der Waals surface area (Å²) in [5.74, 6) is 5.86. The molecular formula is C12H19N5O2. The first-order valence-electron chi connectivity index (χ1n) is 6.43. The molecule has 1 atom stereocenters. The number of piperidine rings is 1. The second-order valence-corrected chi connectivity index (χ2v) is 4.71. The van der Waals surface area contributed by atoms with Gasteiger partial charge < -0.3 is 15.4 Å². The SMILES string of the molecule is NNc1cncc(C(=O)N2CCCC(CCO)C2)n1. The van der Waals surface area contributed by atoms with Crippen LogP contribution >= 0.6 is 0 Å². The van der Waals surface area contributed by atoms with Crippen LogP contribution in [-0.2, 0) is 0 Å². The van der Waals surface area contributed by atoms with Gasteiger partial charge in [-0.2, -0.15) is 0 Å². The molecule has 1 fully saturated rings. The second-order valence-electron chi connectivity index (χ2n) is 4.71. The number of nitrogens with zero attached hydrogens (tertiary/aromatic N) is 3. The molecule has 7 heteroatoms. The molecule has 2 rings (SSSR count). The summed E-state index contributed by atoms with van der Waals surface area (Å²) in [5, 5.41) is 8.98. The minimum atomic E-state index is -0.132. The van der Waals surface area contributed by atoms with Crippen LogP contribution in [-0.4, -0.2) is 45.6 Å². The van der Waals surface area contributed by atoms with Crippen LogP contribution in [0.2, 0.25) is 0 Å². The van der Waals surface area contributed by atoms with Crippen LogP contribution in [0.3, 0.4) is 0 Å². The summed E-state index contributed by atoms with van der Waals surface area (Å²) < 4.78 is 0. The molecule has 1 saturated heterocycles. The van der Waals surface area contributed by atoms with E-state index >= 15 is 0 Å². The average molecular weight is 265 g/mol. The number of anilines is 1. The van der Waals surface area contributed by atoms with E-state index in [1.165, 1.54) is 12.4 Å². The number of nitrogens with two attached hydrogens (primary N) is 1. The van der Waals surface area contributed by atoms with Crippen LogP contribution in [0.15, 0.2) is 12.4 Å². The van der Waals surface area contributed by atoms with E-state index in [0.717, 1.165) is 25.8 Å². The summed E-state index contributed by atoms with van der Waals surface area (Å²) in [6.45, 7) is 1.56. The molecule has 1 aliphatic heterocycles. The Morgan fingerprint density at radius 3 is 3.16 bits per heavy atom. The van der Waals surface area contributed by atoms with Gasteiger partial charge >= 0.3 is 0 Å². The Bertz CT molecular complexity index is 438. The number of nitrogens with one attached hydrogen (secondary N) is 1. The van der Waals surface area contributed by atoms with Gasteiger partial charge in [0.15, 0.2) is 5.82 Å². The lowest BCUT2D eigenvalue weighted by Crippen LogP contribution is -2.40. The Morgan fingerprint density at radius 2 is 2.42 bits per heavy atom. The zero-order valence-corrected chi connectivity index (χ0v) is 10.7. The van der Waals surface area contributed by atoms with Gasteiger partial charge in [0, 0.05) is 19.7 Å². The number of hydrazine groups is 1. The number of nitrogen functional groups attached to an aromatic ring is 1. The lowest BCUT2D eigenvalue weighted by molar-refractivity contribution is 0.0647. The molecule has 0 bridgehead atoms. The first-order valence-corrected chi connectivity index (χ1v) is 6.43. The maximum Gasteiger partial charge on any atom is 0.274 e. The molecule has 0 radical (unpaired) electrons. The van der Waals surface area contributed by atoms with Crippen molar-refractivity contribution in [3.05, 3.63) is 18.1 Å². The van der Waals surface area contributed by atoms with Crippen LogP contribution in [0.5, 0.6) is 0 Å². The summed E-state index contributed by atoms with van der Waals surface area (Å²) in [6, 6.07) is 0. The molecule has 0 saturated carbocycles. The van der Waals surface area contributed by atoms with E-state index in [1.807, 2.05) is 0 Å². The minimum absolute atomic E-state index is 0.132. The Balaban J connectivity index is 2.05. The molecule has 1 aromatic rings. The zero-order chi connectivity index (χ0) is 13.7. The standard InChI is InChI=1S/C12H19N5O2/c13-16-11-7-14-6-10(15-11)12(19)17-4-1-2-9(8-17)3-5-18/h6-7,9,18H,1-5,8,13H2,(H,15,16). The number of carbonyl (C=O) groups excluding carboxylic acids is 1. The van der Waals surface area contributed by atoms with Crippen molar-refractivity contribution in [1.82, 2.24) is 14.9 Å². The van der Waals surface area contributed by atoms with Gasteiger partial charge in [0.1, 0.15) is 5.69 Å². The minimum Gasteiger partial charge on any atom is -0.396 e. The van der Waals surface area contributed by atoms with E-state index in [-0.39, 0.29) is 12.5 Å². The topological polar surface area (TPSA) is 104 Å². The summed E-state index contributed by atoms with van der Waals surface area (Å²) >= 11 is 0. The number of aliphatic hydroxyl groups excluding tert-OH is 1. The predicted octanol–water partition coefficient (Wildman–Crippen LogP) is -0.00320. The van der Waals surface area contributed by atoms with Gasteiger partial charge in [-0.05, 0) is 25.2 Å². The third kappa shape index (κ3) is 3.39. The Morgan fingerprint density at radius 1 is 1.58 bits per heavy atom. The number of rotatable bonds is 4. The van der Waals surface area contributed by atoms with Gasteiger partial charge in [-0.1, -0.05) is 0 Å². The highest BCUT2D eigenvalue weighted by molar-refractivity contribution is 5.92. The monoisotopic (exact) mass is 265 g/mol. The third-order valence-corrected chi connectivity index (χ3v) is 3.35. The van der Waals surface area contributed by atoms with Crippen LogP contribution in [0.25, 0.3) is 0 Å². The normalized spacial score (nSPS) is 19.3. The molecule has 0 spiro atoms. The summed E-state index contributed by atoms with van der Waals surface area (Å²) in [7, 11) is 0. The van der Waals surface area contributed by atoms with Gasteiger partial charge in [0.25, 0.3) is 5.91 Å². The first-order chi connectivity index (χ1) is 9.24. The van der Waals surface area contributed by atoms with Crippen LogP contribution in [0, 0.1) is 5.92 Å². The fraction of sp³-hybridized carbons (Fsp3) is 0.583. The van der Waals surface area contributed by atoms with E-state index in [9.17, 15) is 4.79 Å². The van der Waals surface area contributed by atoms with Crippen molar-refractivity contribution in [3.8, 4) is 0 Å². The molecule has 1 unspecified atom stereocenters. The number of aromatic nitrogens is 2.